The number of ether oxygens (including phenoxy) is 3. The third-order valence-corrected chi connectivity index (χ3v) is 6.57. The molecule has 1 fully saturated rings. The van der Waals surface area contributed by atoms with Crippen molar-refractivity contribution in [2.45, 2.75) is 6.42 Å². The van der Waals surface area contributed by atoms with Gasteiger partial charge < -0.3 is 19.5 Å². The second kappa shape index (κ2) is 9.66. The molecule has 2 aromatic carbocycles. The van der Waals surface area contributed by atoms with E-state index in [4.69, 9.17) is 30.9 Å². The zero-order chi connectivity index (χ0) is 23.7. The van der Waals surface area contributed by atoms with Crippen LogP contribution in [0.5, 0.6) is 11.5 Å². The molecule has 2 heterocycles. The molecule has 2 aliphatic rings. The van der Waals surface area contributed by atoms with Gasteiger partial charge in [-0.1, -0.05) is 11.6 Å². The molecule has 5 rings (SSSR count). The molecule has 34 heavy (non-hydrogen) atoms. The van der Waals surface area contributed by atoms with E-state index in [9.17, 15) is 4.79 Å². The van der Waals surface area contributed by atoms with Crippen LogP contribution < -0.4 is 14.8 Å². The third kappa shape index (κ3) is 4.24. The Hall–Kier alpha value is -3.07. The molecular weight excluding hydrogens is 456 g/mol. The van der Waals surface area contributed by atoms with Crippen LogP contribution in [0.1, 0.15) is 21.6 Å². The maximum Gasteiger partial charge on any atom is 0.272 e. The van der Waals surface area contributed by atoms with Crippen LogP contribution in [0.2, 0.25) is 5.02 Å². The van der Waals surface area contributed by atoms with Gasteiger partial charge in [-0.2, -0.15) is 5.10 Å². The molecule has 178 valence electrons. The molecule has 3 aromatic rings. The fourth-order valence-electron chi connectivity index (χ4n) is 4.56. The van der Waals surface area contributed by atoms with Gasteiger partial charge >= 0.3 is 0 Å². The van der Waals surface area contributed by atoms with E-state index >= 15 is 0 Å². The fraction of sp³-hybridized carbons (Fsp3) is 0.360. The lowest BCUT2D eigenvalue weighted by Crippen LogP contribution is -2.41. The number of rotatable bonds is 7. The summed E-state index contributed by atoms with van der Waals surface area (Å²) in [6.07, 6.45) is 0.588. The highest BCUT2D eigenvalue weighted by Crippen LogP contribution is 2.44. The quantitative estimate of drug-likeness (QED) is 0.436. The Bertz CT molecular complexity index is 1200. The van der Waals surface area contributed by atoms with Crippen LogP contribution in [-0.2, 0) is 11.2 Å². The van der Waals surface area contributed by atoms with Gasteiger partial charge in [-0.05, 0) is 42.0 Å². The number of amides is 1. The number of aromatic nitrogens is 2. The Morgan fingerprint density at radius 3 is 2.53 bits per heavy atom. The van der Waals surface area contributed by atoms with Crippen molar-refractivity contribution in [3.05, 3.63) is 58.2 Å². The van der Waals surface area contributed by atoms with Gasteiger partial charge in [0, 0.05) is 48.7 Å². The molecule has 1 amide bonds. The number of hydrogen-bond acceptors (Lipinski definition) is 6. The molecule has 0 saturated carbocycles. The van der Waals surface area contributed by atoms with Crippen LogP contribution in [0.25, 0.3) is 16.9 Å². The fourth-order valence-corrected chi connectivity index (χ4v) is 4.69. The summed E-state index contributed by atoms with van der Waals surface area (Å²) >= 11 is 6.11. The molecular formula is C25H27ClN4O4. The molecule has 0 radical (unpaired) electrons. The molecule has 0 bridgehead atoms. The van der Waals surface area contributed by atoms with Crippen molar-refractivity contribution in [1.82, 2.24) is 20.0 Å². The molecule has 1 aromatic heterocycles. The van der Waals surface area contributed by atoms with E-state index in [1.807, 2.05) is 41.1 Å². The average Bonchev–Trinajstić information content (AvgIpc) is 3.41. The van der Waals surface area contributed by atoms with Gasteiger partial charge in [-0.15, -0.1) is 0 Å². The number of nitrogens with zero attached hydrogens (tertiary/aromatic N) is 3. The predicted molar refractivity (Wildman–Crippen MR) is 130 cm³/mol. The smallest absolute Gasteiger partial charge is 0.272 e. The van der Waals surface area contributed by atoms with Crippen molar-refractivity contribution < 1.29 is 19.0 Å². The summed E-state index contributed by atoms with van der Waals surface area (Å²) < 4.78 is 18.3. The van der Waals surface area contributed by atoms with Gasteiger partial charge in [-0.25, -0.2) is 4.68 Å². The largest absolute Gasteiger partial charge is 0.493 e. The maximum atomic E-state index is 13.2. The number of fused-ring (bicyclic) bond motifs is 3. The highest BCUT2D eigenvalue weighted by molar-refractivity contribution is 6.30. The lowest BCUT2D eigenvalue weighted by Gasteiger charge is -2.26. The first-order valence-corrected chi connectivity index (χ1v) is 11.7. The number of morpholine rings is 1. The summed E-state index contributed by atoms with van der Waals surface area (Å²) in [5.41, 5.74) is 5.08. The Labute approximate surface area is 203 Å². The number of nitrogens with one attached hydrogen (secondary N) is 1. The number of halogens is 1. The van der Waals surface area contributed by atoms with Gasteiger partial charge in [0.1, 0.15) is 0 Å². The monoisotopic (exact) mass is 482 g/mol. The summed E-state index contributed by atoms with van der Waals surface area (Å²) in [6.45, 7) is 4.57. The molecule has 0 atom stereocenters. The normalized spacial score (nSPS) is 15.0. The SMILES string of the molecule is COc1cc2c(cc1OC)-c1c(c(C(=O)NCCN3CCOCC3)nn1-c1ccc(Cl)cc1)C2. The summed E-state index contributed by atoms with van der Waals surface area (Å²) in [7, 11) is 3.24. The number of methoxy groups -OCH3 is 2. The molecule has 0 spiro atoms. The van der Waals surface area contributed by atoms with E-state index in [0.29, 0.717) is 35.2 Å². The van der Waals surface area contributed by atoms with Crippen molar-refractivity contribution in [2.75, 3.05) is 53.6 Å². The Balaban J connectivity index is 1.49. The van der Waals surface area contributed by atoms with E-state index < -0.39 is 0 Å². The predicted octanol–water partition coefficient (Wildman–Crippen LogP) is 3.18. The lowest BCUT2D eigenvalue weighted by molar-refractivity contribution is 0.0383. The van der Waals surface area contributed by atoms with Crippen LogP contribution in [0.4, 0.5) is 0 Å². The molecule has 1 aliphatic heterocycles. The van der Waals surface area contributed by atoms with Crippen LogP contribution >= 0.6 is 11.6 Å². The van der Waals surface area contributed by atoms with E-state index in [1.54, 1.807) is 14.2 Å². The van der Waals surface area contributed by atoms with E-state index in [-0.39, 0.29) is 5.91 Å². The first-order chi connectivity index (χ1) is 16.6. The standard InChI is InChI=1S/C25H27ClN4O4/c1-32-21-14-16-13-20-23(25(31)27-7-8-29-9-11-34-12-10-29)28-30(18-5-3-17(26)4-6-18)24(20)19(16)15-22(21)33-2/h3-6,14-15H,7-13H2,1-2H3,(H,27,31). The first kappa shape index (κ1) is 22.7. The van der Waals surface area contributed by atoms with E-state index in [1.165, 1.54) is 0 Å². The molecule has 0 unspecified atom stereocenters. The van der Waals surface area contributed by atoms with Gasteiger partial charge in [0.2, 0.25) is 0 Å². The van der Waals surface area contributed by atoms with Gasteiger partial charge in [-0.3, -0.25) is 9.69 Å². The summed E-state index contributed by atoms with van der Waals surface area (Å²) in [5.74, 6) is 1.12. The molecule has 1 N–H and O–H groups in total. The Morgan fingerprint density at radius 2 is 1.82 bits per heavy atom. The van der Waals surface area contributed by atoms with Crippen molar-refractivity contribution in [2.24, 2.45) is 0 Å². The topological polar surface area (TPSA) is 77.8 Å². The summed E-state index contributed by atoms with van der Waals surface area (Å²) in [4.78, 5) is 15.5. The lowest BCUT2D eigenvalue weighted by atomic mass is 10.1. The van der Waals surface area contributed by atoms with E-state index in [2.05, 4.69) is 10.2 Å². The second-order valence-corrected chi connectivity index (χ2v) is 8.75. The summed E-state index contributed by atoms with van der Waals surface area (Å²) in [5, 5.41) is 8.44. The van der Waals surface area contributed by atoms with Crippen LogP contribution in [0, 0.1) is 0 Å². The van der Waals surface area contributed by atoms with Gasteiger partial charge in [0.05, 0.1) is 38.8 Å². The minimum atomic E-state index is -0.177. The van der Waals surface area contributed by atoms with Crippen molar-refractivity contribution in [3.8, 4) is 28.4 Å². The number of benzene rings is 2. The van der Waals surface area contributed by atoms with Crippen molar-refractivity contribution in [3.63, 3.8) is 0 Å². The number of hydrogen-bond donors (Lipinski definition) is 1. The van der Waals surface area contributed by atoms with Gasteiger partial charge in [0.25, 0.3) is 5.91 Å². The highest BCUT2D eigenvalue weighted by atomic mass is 35.5. The maximum absolute atomic E-state index is 13.2. The second-order valence-electron chi connectivity index (χ2n) is 8.32. The first-order valence-electron chi connectivity index (χ1n) is 11.3. The minimum absolute atomic E-state index is 0.177. The minimum Gasteiger partial charge on any atom is -0.493 e. The highest BCUT2D eigenvalue weighted by Gasteiger charge is 2.32. The van der Waals surface area contributed by atoms with Crippen molar-refractivity contribution in [1.29, 1.82) is 0 Å². The molecule has 1 aliphatic carbocycles. The Kier molecular flexibility index (Phi) is 6.45. The third-order valence-electron chi connectivity index (χ3n) is 6.32. The Morgan fingerprint density at radius 1 is 1.12 bits per heavy atom. The van der Waals surface area contributed by atoms with Crippen LogP contribution in [0.15, 0.2) is 36.4 Å². The molecule has 9 heteroatoms. The summed E-state index contributed by atoms with van der Waals surface area (Å²) in [6, 6.07) is 11.4. The average molecular weight is 483 g/mol. The number of carbonyl (C=O) groups is 1. The van der Waals surface area contributed by atoms with E-state index in [0.717, 1.165) is 60.9 Å². The number of carbonyl (C=O) groups excluding carboxylic acids is 1. The zero-order valence-electron chi connectivity index (χ0n) is 19.3. The molecule has 8 nitrogen and oxygen atoms in total. The van der Waals surface area contributed by atoms with Crippen LogP contribution in [0.3, 0.4) is 0 Å². The molecule has 1 saturated heterocycles. The van der Waals surface area contributed by atoms with Gasteiger partial charge in [0.15, 0.2) is 17.2 Å². The van der Waals surface area contributed by atoms with Crippen LogP contribution in [-0.4, -0.2) is 74.2 Å². The van der Waals surface area contributed by atoms with Crippen molar-refractivity contribution >= 4 is 17.5 Å². The zero-order valence-corrected chi connectivity index (χ0v) is 20.0.